The number of nitrogens with two attached hydrogens (primary N) is 1. The molecular formula is C21H20N4O4. The number of aryl methyl sites for hydroxylation is 1. The van der Waals surface area contributed by atoms with Crippen LogP contribution in [0.15, 0.2) is 58.2 Å². The second kappa shape index (κ2) is 6.97. The summed E-state index contributed by atoms with van der Waals surface area (Å²) in [4.78, 5) is 11.0. The molecule has 8 heteroatoms. The average molecular weight is 392 g/mol. The Morgan fingerprint density at radius 3 is 2.17 bits per heavy atom. The number of nitrogens with one attached hydrogen (secondary N) is 1. The van der Waals surface area contributed by atoms with Gasteiger partial charge in [0.25, 0.3) is 0 Å². The number of hydrogen-bond acceptors (Lipinski definition) is 5. The van der Waals surface area contributed by atoms with Crippen LogP contribution < -0.4 is 11.1 Å². The third kappa shape index (κ3) is 3.29. The summed E-state index contributed by atoms with van der Waals surface area (Å²) in [5.41, 5.74) is 10.1. The molecule has 0 aliphatic heterocycles. The Kier molecular flexibility index (Phi) is 4.46. The number of hydrogen-bond donors (Lipinski definition) is 4. The van der Waals surface area contributed by atoms with E-state index in [0.717, 1.165) is 35.1 Å². The predicted molar refractivity (Wildman–Crippen MR) is 108 cm³/mol. The van der Waals surface area contributed by atoms with E-state index in [1.165, 1.54) is 0 Å². The van der Waals surface area contributed by atoms with Crippen molar-refractivity contribution in [2.45, 2.75) is 25.2 Å². The van der Waals surface area contributed by atoms with Crippen molar-refractivity contribution in [3.05, 3.63) is 59.8 Å². The molecule has 8 nitrogen and oxygen atoms in total. The highest BCUT2D eigenvalue weighted by Crippen LogP contribution is 2.48. The number of carbonyl (C=O) groups is 1. The number of aromatic nitrogens is 1. The van der Waals surface area contributed by atoms with Crippen molar-refractivity contribution in [3.63, 3.8) is 0 Å². The summed E-state index contributed by atoms with van der Waals surface area (Å²) in [5.74, 6) is 0.629. The first-order chi connectivity index (χ1) is 13.9. The summed E-state index contributed by atoms with van der Waals surface area (Å²) < 4.78 is 5.30. The minimum atomic E-state index is -1.17. The van der Waals surface area contributed by atoms with Crippen LogP contribution in [0.1, 0.15) is 24.1 Å². The fourth-order valence-corrected chi connectivity index (χ4v) is 3.53. The van der Waals surface area contributed by atoms with Crippen LogP contribution in [-0.4, -0.2) is 27.4 Å². The van der Waals surface area contributed by atoms with Gasteiger partial charge in [-0.15, -0.1) is 0 Å². The molecule has 0 radical (unpaired) electrons. The van der Waals surface area contributed by atoms with E-state index in [2.05, 4.69) is 15.6 Å². The van der Waals surface area contributed by atoms with Crippen LogP contribution in [0.4, 0.5) is 10.5 Å². The molecule has 1 aromatic heterocycles. The Bertz CT molecular complexity index is 1080. The van der Waals surface area contributed by atoms with Crippen LogP contribution in [0.3, 0.4) is 0 Å². The molecule has 3 aromatic rings. The van der Waals surface area contributed by atoms with Crippen molar-refractivity contribution >= 4 is 17.6 Å². The highest BCUT2D eigenvalue weighted by molar-refractivity contribution is 5.94. The summed E-state index contributed by atoms with van der Waals surface area (Å²) in [6.45, 7) is 1.68. The Hall–Kier alpha value is -3.81. The molecular weight excluding hydrogens is 372 g/mol. The topological polar surface area (TPSA) is 134 Å². The zero-order chi connectivity index (χ0) is 20.6. The summed E-state index contributed by atoms with van der Waals surface area (Å²) in [7, 11) is 0. The van der Waals surface area contributed by atoms with Crippen LogP contribution in [-0.2, 0) is 5.41 Å². The van der Waals surface area contributed by atoms with E-state index in [1.54, 1.807) is 6.92 Å². The fourth-order valence-electron chi connectivity index (χ4n) is 3.53. The van der Waals surface area contributed by atoms with Gasteiger partial charge in [0.1, 0.15) is 17.2 Å². The Balaban J connectivity index is 1.59. The number of amidine groups is 1. The standard InChI is InChI=1S/C21H20N4O4/c1-12-17(23-20(26)27)18(29-25-12)15-4-2-13(3-5-15)14-6-8-16(9-7-14)21(10-11-21)19(22)24-28/h2-9,23,28H,10-11H2,1H3,(H2,22,24)(H,26,27). The lowest BCUT2D eigenvalue weighted by Gasteiger charge is -2.14. The number of carboxylic acid groups (broad SMARTS) is 1. The van der Waals surface area contributed by atoms with Gasteiger partial charge in [0.2, 0.25) is 0 Å². The van der Waals surface area contributed by atoms with E-state index in [1.807, 2.05) is 48.5 Å². The number of benzene rings is 2. The third-order valence-corrected chi connectivity index (χ3v) is 5.36. The highest BCUT2D eigenvalue weighted by Gasteiger charge is 2.48. The average Bonchev–Trinajstić information content (AvgIpc) is 3.47. The quantitative estimate of drug-likeness (QED) is 0.223. The molecule has 0 unspecified atom stereocenters. The summed E-state index contributed by atoms with van der Waals surface area (Å²) >= 11 is 0. The molecule has 2 aromatic carbocycles. The number of amides is 1. The second-order valence-corrected chi connectivity index (χ2v) is 7.12. The van der Waals surface area contributed by atoms with E-state index < -0.39 is 6.09 Å². The lowest BCUT2D eigenvalue weighted by Crippen LogP contribution is -2.28. The van der Waals surface area contributed by atoms with Crippen LogP contribution in [0, 0.1) is 6.92 Å². The van der Waals surface area contributed by atoms with Gasteiger partial charge in [0.05, 0.1) is 5.41 Å². The number of rotatable bonds is 5. The number of nitrogens with zero attached hydrogens (tertiary/aromatic N) is 2. The van der Waals surface area contributed by atoms with Crippen molar-refractivity contribution in [2.75, 3.05) is 5.32 Å². The molecule has 1 saturated carbocycles. The highest BCUT2D eigenvalue weighted by atomic mass is 16.5. The van der Waals surface area contributed by atoms with Crippen LogP contribution >= 0.6 is 0 Å². The van der Waals surface area contributed by atoms with Crippen LogP contribution in [0.2, 0.25) is 0 Å². The Labute approximate surface area is 166 Å². The van der Waals surface area contributed by atoms with E-state index in [4.69, 9.17) is 20.6 Å². The van der Waals surface area contributed by atoms with E-state index in [0.29, 0.717) is 17.1 Å². The Morgan fingerprint density at radius 2 is 1.66 bits per heavy atom. The molecule has 0 spiro atoms. The molecule has 1 aliphatic carbocycles. The predicted octanol–water partition coefficient (Wildman–Crippen LogP) is 4.18. The van der Waals surface area contributed by atoms with Gasteiger partial charge in [-0.1, -0.05) is 58.8 Å². The van der Waals surface area contributed by atoms with Gasteiger partial charge < -0.3 is 20.6 Å². The van der Waals surface area contributed by atoms with Gasteiger partial charge in [-0.2, -0.15) is 0 Å². The van der Waals surface area contributed by atoms with Crippen molar-refractivity contribution in [1.29, 1.82) is 0 Å². The largest absolute Gasteiger partial charge is 0.465 e. The molecule has 1 amide bonds. The summed E-state index contributed by atoms with van der Waals surface area (Å²) in [6, 6.07) is 15.6. The maximum absolute atomic E-state index is 11.0. The van der Waals surface area contributed by atoms with E-state index in [-0.39, 0.29) is 11.3 Å². The van der Waals surface area contributed by atoms with Crippen molar-refractivity contribution in [2.24, 2.45) is 10.9 Å². The molecule has 29 heavy (non-hydrogen) atoms. The molecule has 0 atom stereocenters. The first kappa shape index (κ1) is 18.5. The minimum absolute atomic E-state index is 0.253. The SMILES string of the molecule is Cc1noc(-c2ccc(-c3ccc(C4(C(N)=NO)CC4)cc3)cc2)c1NC(=O)O. The van der Waals surface area contributed by atoms with Gasteiger partial charge >= 0.3 is 6.09 Å². The molecule has 0 saturated heterocycles. The zero-order valence-electron chi connectivity index (χ0n) is 15.7. The maximum Gasteiger partial charge on any atom is 0.409 e. The van der Waals surface area contributed by atoms with Gasteiger partial charge in [0, 0.05) is 5.56 Å². The van der Waals surface area contributed by atoms with Gasteiger partial charge in [-0.3, -0.25) is 5.32 Å². The first-order valence-electron chi connectivity index (χ1n) is 9.10. The lowest BCUT2D eigenvalue weighted by atomic mass is 9.92. The maximum atomic E-state index is 11.0. The van der Waals surface area contributed by atoms with Crippen LogP contribution in [0.5, 0.6) is 0 Å². The fraction of sp³-hybridized carbons (Fsp3) is 0.190. The third-order valence-electron chi connectivity index (χ3n) is 5.36. The summed E-state index contributed by atoms with van der Waals surface area (Å²) in [6.07, 6.45) is 0.579. The van der Waals surface area contributed by atoms with Crippen LogP contribution in [0.25, 0.3) is 22.5 Å². The van der Waals surface area contributed by atoms with Gasteiger partial charge in [-0.05, 0) is 36.5 Å². The van der Waals surface area contributed by atoms with Crippen molar-refractivity contribution in [1.82, 2.24) is 5.16 Å². The smallest absolute Gasteiger partial charge is 0.409 e. The molecule has 4 rings (SSSR count). The monoisotopic (exact) mass is 392 g/mol. The van der Waals surface area contributed by atoms with Crippen molar-refractivity contribution < 1.29 is 19.6 Å². The van der Waals surface area contributed by atoms with Gasteiger partial charge in [-0.25, -0.2) is 4.79 Å². The van der Waals surface area contributed by atoms with E-state index >= 15 is 0 Å². The second-order valence-electron chi connectivity index (χ2n) is 7.12. The lowest BCUT2D eigenvalue weighted by molar-refractivity contribution is 0.209. The molecule has 1 heterocycles. The molecule has 148 valence electrons. The number of anilines is 1. The van der Waals surface area contributed by atoms with Crippen molar-refractivity contribution in [3.8, 4) is 22.5 Å². The number of oxime groups is 1. The normalized spacial score (nSPS) is 15.1. The van der Waals surface area contributed by atoms with Gasteiger partial charge in [0.15, 0.2) is 5.76 Å². The Morgan fingerprint density at radius 1 is 1.10 bits per heavy atom. The molecule has 1 aliphatic rings. The first-order valence-corrected chi connectivity index (χ1v) is 9.10. The molecule has 0 bridgehead atoms. The summed E-state index contributed by atoms with van der Waals surface area (Å²) in [5, 5.41) is 27.4. The zero-order valence-corrected chi connectivity index (χ0v) is 15.7. The molecule has 5 N–H and O–H groups in total. The minimum Gasteiger partial charge on any atom is -0.465 e. The van der Waals surface area contributed by atoms with E-state index in [9.17, 15) is 4.79 Å². The molecule has 1 fully saturated rings.